The van der Waals surface area contributed by atoms with Crippen LogP contribution < -0.4 is 10.5 Å². The first-order valence-corrected chi connectivity index (χ1v) is 11.1. The highest BCUT2D eigenvalue weighted by Crippen LogP contribution is 2.28. The Bertz CT molecular complexity index is 1340. The van der Waals surface area contributed by atoms with E-state index < -0.39 is 0 Å². The van der Waals surface area contributed by atoms with Crippen LogP contribution in [0.15, 0.2) is 23.1 Å². The van der Waals surface area contributed by atoms with Crippen LogP contribution in [0.1, 0.15) is 24.1 Å². The third kappa shape index (κ3) is 2.82. The van der Waals surface area contributed by atoms with Gasteiger partial charge in [-0.1, -0.05) is 11.3 Å². The number of anilines is 1. The summed E-state index contributed by atoms with van der Waals surface area (Å²) in [6.07, 6.45) is 4.39. The van der Waals surface area contributed by atoms with Crippen LogP contribution in [0, 0.1) is 13.8 Å². The van der Waals surface area contributed by atoms with Gasteiger partial charge in [-0.15, -0.1) is 5.10 Å². The molecule has 0 spiro atoms. The van der Waals surface area contributed by atoms with Gasteiger partial charge in [-0.2, -0.15) is 9.61 Å². The molecule has 1 atom stereocenters. The van der Waals surface area contributed by atoms with Crippen molar-refractivity contribution in [1.82, 2.24) is 34.1 Å². The van der Waals surface area contributed by atoms with Gasteiger partial charge in [0, 0.05) is 31.7 Å². The summed E-state index contributed by atoms with van der Waals surface area (Å²) in [5.41, 5.74) is 3.76. The topological polar surface area (TPSA) is 83.9 Å². The summed E-state index contributed by atoms with van der Waals surface area (Å²) in [4.78, 5) is 27.5. The standard InChI is InChI=1S/C20H22N8OS/c1-12-8-16(23-27-10-13(2)21-18(12)27)15-9-17(29)28-19(22-15)30-20(24-28)26-7-6-25-5-3-4-14(25)11-26/h8-10,14H,3-7,11H2,1-2H3/t14-/m0/s1. The number of aromatic nitrogens is 6. The van der Waals surface area contributed by atoms with E-state index in [1.54, 1.807) is 4.52 Å². The van der Waals surface area contributed by atoms with Crippen molar-refractivity contribution in [3.05, 3.63) is 39.9 Å². The molecule has 2 aliphatic rings. The summed E-state index contributed by atoms with van der Waals surface area (Å²) in [5, 5.41) is 10.1. The molecule has 0 saturated carbocycles. The van der Waals surface area contributed by atoms with Crippen molar-refractivity contribution < 1.29 is 0 Å². The van der Waals surface area contributed by atoms with Crippen molar-refractivity contribution in [2.45, 2.75) is 32.7 Å². The number of aryl methyl sites for hydroxylation is 2. The van der Waals surface area contributed by atoms with Crippen molar-refractivity contribution in [1.29, 1.82) is 0 Å². The van der Waals surface area contributed by atoms with Crippen LogP contribution in [-0.4, -0.2) is 66.3 Å². The summed E-state index contributed by atoms with van der Waals surface area (Å²) >= 11 is 1.47. The van der Waals surface area contributed by atoms with Crippen LogP contribution in [0.2, 0.25) is 0 Å². The molecule has 30 heavy (non-hydrogen) atoms. The Morgan fingerprint density at radius 3 is 2.87 bits per heavy atom. The molecule has 0 unspecified atom stereocenters. The molecule has 9 nitrogen and oxygen atoms in total. The van der Waals surface area contributed by atoms with Crippen LogP contribution in [0.25, 0.3) is 22.0 Å². The molecule has 6 heterocycles. The zero-order chi connectivity index (χ0) is 20.4. The lowest BCUT2D eigenvalue weighted by Crippen LogP contribution is -2.50. The SMILES string of the molecule is Cc1cn2nc(-c3cc(=O)n4nc(N5CCN6CCC[C@H]6C5)sc4n3)cc(C)c2n1. The van der Waals surface area contributed by atoms with Crippen molar-refractivity contribution in [2.75, 3.05) is 31.1 Å². The Labute approximate surface area is 176 Å². The first-order valence-electron chi connectivity index (χ1n) is 10.3. The Kier molecular flexibility index (Phi) is 3.94. The monoisotopic (exact) mass is 422 g/mol. The molecule has 0 radical (unpaired) electrons. The van der Waals surface area contributed by atoms with Gasteiger partial charge in [0.05, 0.1) is 17.6 Å². The summed E-state index contributed by atoms with van der Waals surface area (Å²) in [6, 6.07) is 4.05. The number of piperazine rings is 1. The fourth-order valence-corrected chi connectivity index (χ4v) is 5.54. The van der Waals surface area contributed by atoms with E-state index in [0.717, 1.165) is 41.7 Å². The summed E-state index contributed by atoms with van der Waals surface area (Å²) in [5.74, 6) is 0. The second kappa shape index (κ2) is 6.58. The van der Waals surface area contributed by atoms with Crippen LogP contribution in [0.5, 0.6) is 0 Å². The third-order valence-electron chi connectivity index (χ3n) is 6.08. The maximum atomic E-state index is 12.8. The number of nitrogens with zero attached hydrogens (tertiary/aromatic N) is 8. The van der Waals surface area contributed by atoms with Gasteiger partial charge in [-0.3, -0.25) is 9.69 Å². The second-order valence-corrected chi connectivity index (χ2v) is 9.13. The van der Waals surface area contributed by atoms with E-state index in [2.05, 4.69) is 25.0 Å². The van der Waals surface area contributed by atoms with E-state index in [-0.39, 0.29) is 5.56 Å². The minimum atomic E-state index is -0.182. The van der Waals surface area contributed by atoms with Gasteiger partial charge in [0.1, 0.15) is 5.69 Å². The van der Waals surface area contributed by atoms with Crippen molar-refractivity contribution in [3.63, 3.8) is 0 Å². The molecule has 2 saturated heterocycles. The van der Waals surface area contributed by atoms with Crippen molar-refractivity contribution in [3.8, 4) is 11.4 Å². The van der Waals surface area contributed by atoms with E-state index >= 15 is 0 Å². The first-order chi connectivity index (χ1) is 14.5. The van der Waals surface area contributed by atoms with Gasteiger partial charge in [0.15, 0.2) is 5.65 Å². The molecule has 2 fully saturated rings. The van der Waals surface area contributed by atoms with Crippen LogP contribution >= 0.6 is 11.3 Å². The minimum absolute atomic E-state index is 0.182. The van der Waals surface area contributed by atoms with Crippen molar-refractivity contribution in [2.24, 2.45) is 0 Å². The molecule has 4 aromatic heterocycles. The molecule has 6 rings (SSSR count). The maximum absolute atomic E-state index is 12.8. The molecular weight excluding hydrogens is 400 g/mol. The second-order valence-electron chi connectivity index (χ2n) is 8.20. The molecule has 154 valence electrons. The highest BCUT2D eigenvalue weighted by molar-refractivity contribution is 7.20. The van der Waals surface area contributed by atoms with E-state index in [0.29, 0.717) is 22.4 Å². The average molecular weight is 423 g/mol. The Morgan fingerprint density at radius 2 is 1.97 bits per heavy atom. The van der Waals surface area contributed by atoms with Crippen LogP contribution in [0.4, 0.5) is 5.13 Å². The van der Waals surface area contributed by atoms with Crippen molar-refractivity contribution >= 4 is 27.1 Å². The lowest BCUT2D eigenvalue weighted by Gasteiger charge is -2.37. The normalized spacial score (nSPS) is 19.8. The Hall–Kier alpha value is -2.85. The number of hydrogen-bond acceptors (Lipinski definition) is 8. The summed E-state index contributed by atoms with van der Waals surface area (Å²) in [7, 11) is 0. The summed E-state index contributed by atoms with van der Waals surface area (Å²) in [6.45, 7) is 8.10. The van der Waals surface area contributed by atoms with E-state index in [9.17, 15) is 4.79 Å². The zero-order valence-corrected chi connectivity index (χ0v) is 17.8. The molecular formula is C20H22N8OS. The fraction of sp³-hybridized carbons (Fsp3) is 0.450. The smallest absolute Gasteiger partial charge is 0.275 e. The van der Waals surface area contributed by atoms with Gasteiger partial charge in [0.25, 0.3) is 5.56 Å². The molecule has 10 heteroatoms. The number of imidazole rings is 1. The molecule has 0 amide bonds. The van der Waals surface area contributed by atoms with E-state index in [1.807, 2.05) is 26.1 Å². The number of fused-ring (bicyclic) bond motifs is 3. The molecule has 0 N–H and O–H groups in total. The summed E-state index contributed by atoms with van der Waals surface area (Å²) < 4.78 is 3.17. The van der Waals surface area contributed by atoms with Gasteiger partial charge < -0.3 is 4.90 Å². The third-order valence-corrected chi connectivity index (χ3v) is 7.05. The predicted molar refractivity (Wildman–Crippen MR) is 115 cm³/mol. The first kappa shape index (κ1) is 18.0. The quantitative estimate of drug-likeness (QED) is 0.487. The lowest BCUT2D eigenvalue weighted by molar-refractivity contribution is 0.230. The van der Waals surface area contributed by atoms with E-state index in [4.69, 9.17) is 4.98 Å². The minimum Gasteiger partial charge on any atom is -0.344 e. The Morgan fingerprint density at radius 1 is 1.07 bits per heavy atom. The van der Waals surface area contributed by atoms with Gasteiger partial charge in [0.2, 0.25) is 10.1 Å². The molecule has 0 aliphatic carbocycles. The largest absolute Gasteiger partial charge is 0.344 e. The lowest BCUT2D eigenvalue weighted by atomic mass is 10.2. The molecule has 4 aromatic rings. The molecule has 0 bridgehead atoms. The van der Waals surface area contributed by atoms with Crippen LogP contribution in [0.3, 0.4) is 0 Å². The van der Waals surface area contributed by atoms with E-state index in [1.165, 1.54) is 41.3 Å². The Balaban J connectivity index is 1.40. The zero-order valence-electron chi connectivity index (χ0n) is 16.9. The number of hydrogen-bond donors (Lipinski definition) is 0. The predicted octanol–water partition coefficient (Wildman–Crippen LogP) is 1.76. The highest BCUT2D eigenvalue weighted by atomic mass is 32.1. The van der Waals surface area contributed by atoms with Gasteiger partial charge in [-0.05, 0) is 44.9 Å². The molecule has 0 aromatic carbocycles. The van der Waals surface area contributed by atoms with Gasteiger partial charge in [-0.25, -0.2) is 14.5 Å². The number of rotatable bonds is 2. The van der Waals surface area contributed by atoms with Crippen LogP contribution in [-0.2, 0) is 0 Å². The highest BCUT2D eigenvalue weighted by Gasteiger charge is 2.32. The molecule has 2 aliphatic heterocycles. The average Bonchev–Trinajstić information content (AvgIpc) is 3.44. The van der Waals surface area contributed by atoms with Gasteiger partial charge >= 0.3 is 0 Å². The maximum Gasteiger partial charge on any atom is 0.275 e. The fourth-order valence-electron chi connectivity index (χ4n) is 4.59.